The fraction of sp³-hybridized carbons (Fsp3) is 0.250. The molecule has 0 heterocycles. The molecule has 9 nitrogen and oxygen atoms in total. The Hall–Kier alpha value is -5.06. The van der Waals surface area contributed by atoms with Crippen molar-refractivity contribution in [1.29, 1.82) is 0 Å². The van der Waals surface area contributed by atoms with Gasteiger partial charge in [-0.15, -0.1) is 6.58 Å². The summed E-state index contributed by atoms with van der Waals surface area (Å²) in [7, 11) is 0. The van der Waals surface area contributed by atoms with Gasteiger partial charge in [-0.1, -0.05) is 19.9 Å². The van der Waals surface area contributed by atoms with Crippen LogP contribution < -0.4 is 25.5 Å². The predicted octanol–water partition coefficient (Wildman–Crippen LogP) is 5.01. The van der Waals surface area contributed by atoms with Crippen LogP contribution >= 0.6 is 0 Å². The molecular weight excluding hydrogens is 558 g/mol. The van der Waals surface area contributed by atoms with Gasteiger partial charge >= 0.3 is 0 Å². The van der Waals surface area contributed by atoms with Crippen LogP contribution in [0.1, 0.15) is 42.3 Å². The highest BCUT2D eigenvalue weighted by molar-refractivity contribution is 5.97. The second kappa shape index (κ2) is 15.8. The van der Waals surface area contributed by atoms with Crippen LogP contribution in [-0.4, -0.2) is 43.2 Å². The molecule has 43 heavy (non-hydrogen) atoms. The molecule has 3 aromatic carbocycles. The number of allylic oxidation sites excluding steroid dienone is 1. The summed E-state index contributed by atoms with van der Waals surface area (Å²) in [5.74, 6) is -1.95. The maximum Gasteiger partial charge on any atom is 0.262 e. The van der Waals surface area contributed by atoms with Gasteiger partial charge in [-0.25, -0.2) is 14.2 Å². The maximum absolute atomic E-state index is 13.2. The lowest BCUT2D eigenvalue weighted by Gasteiger charge is -2.20. The minimum absolute atomic E-state index is 0.219. The molecule has 0 spiro atoms. The van der Waals surface area contributed by atoms with E-state index >= 15 is 0 Å². The van der Waals surface area contributed by atoms with Gasteiger partial charge in [0.25, 0.3) is 17.7 Å². The van der Waals surface area contributed by atoms with Gasteiger partial charge in [-0.05, 0) is 85.5 Å². The van der Waals surface area contributed by atoms with Crippen molar-refractivity contribution in [3.63, 3.8) is 0 Å². The first-order valence-electron chi connectivity index (χ1n) is 13.6. The molecule has 0 aromatic heterocycles. The number of hydrogen-bond donors (Lipinski definition) is 3. The molecule has 0 saturated carbocycles. The molecule has 3 N–H and O–H groups in total. The van der Waals surface area contributed by atoms with Gasteiger partial charge in [0.2, 0.25) is 0 Å². The largest absolute Gasteiger partial charge is 0.490 e. The number of nitrogens with one attached hydrogen (secondary N) is 3. The van der Waals surface area contributed by atoms with Crippen molar-refractivity contribution >= 4 is 29.6 Å². The Morgan fingerprint density at radius 2 is 1.63 bits per heavy atom. The average Bonchev–Trinajstić information content (AvgIpc) is 2.97. The van der Waals surface area contributed by atoms with E-state index in [1.165, 1.54) is 54.7 Å². The van der Waals surface area contributed by atoms with Crippen LogP contribution in [0.4, 0.5) is 14.5 Å². The van der Waals surface area contributed by atoms with E-state index in [1.807, 2.05) is 0 Å². The van der Waals surface area contributed by atoms with Crippen molar-refractivity contribution in [3.8, 4) is 11.5 Å². The fourth-order valence-corrected chi connectivity index (χ4v) is 3.96. The number of halogens is 2. The van der Waals surface area contributed by atoms with Crippen molar-refractivity contribution in [2.45, 2.75) is 33.2 Å². The Morgan fingerprint density at radius 1 is 0.977 bits per heavy atom. The number of rotatable bonds is 14. The van der Waals surface area contributed by atoms with Crippen molar-refractivity contribution in [2.24, 2.45) is 11.0 Å². The van der Waals surface area contributed by atoms with Gasteiger partial charge in [0, 0.05) is 16.8 Å². The lowest BCUT2D eigenvalue weighted by molar-refractivity contribution is -0.124. The quantitative estimate of drug-likeness (QED) is 0.138. The van der Waals surface area contributed by atoms with E-state index in [2.05, 4.69) is 27.7 Å². The number of carbonyl (C=O) groups is 3. The van der Waals surface area contributed by atoms with E-state index in [1.54, 1.807) is 39.0 Å². The Bertz CT molecular complexity index is 1460. The van der Waals surface area contributed by atoms with Gasteiger partial charge in [0.1, 0.15) is 17.7 Å². The van der Waals surface area contributed by atoms with Gasteiger partial charge in [0.15, 0.2) is 18.1 Å². The summed E-state index contributed by atoms with van der Waals surface area (Å²) < 4.78 is 37.9. The van der Waals surface area contributed by atoms with Crippen LogP contribution in [0.15, 0.2) is 78.4 Å². The van der Waals surface area contributed by atoms with Gasteiger partial charge in [-0.2, -0.15) is 5.10 Å². The Kier molecular flexibility index (Phi) is 11.9. The van der Waals surface area contributed by atoms with E-state index in [0.717, 1.165) is 0 Å². The Labute approximate surface area is 249 Å². The molecule has 0 aliphatic heterocycles. The number of hydrogen-bond acceptors (Lipinski definition) is 6. The van der Waals surface area contributed by atoms with Gasteiger partial charge in [0.05, 0.1) is 12.8 Å². The van der Waals surface area contributed by atoms with Crippen molar-refractivity contribution < 1.29 is 32.6 Å². The lowest BCUT2D eigenvalue weighted by Crippen LogP contribution is -2.48. The molecule has 1 unspecified atom stereocenters. The van der Waals surface area contributed by atoms with E-state index in [9.17, 15) is 23.2 Å². The summed E-state index contributed by atoms with van der Waals surface area (Å²) in [4.78, 5) is 37.9. The normalized spacial score (nSPS) is 11.6. The van der Waals surface area contributed by atoms with Crippen molar-refractivity contribution in [1.82, 2.24) is 10.7 Å². The van der Waals surface area contributed by atoms with Crippen LogP contribution in [0.2, 0.25) is 0 Å². The second-order valence-electron chi connectivity index (χ2n) is 9.71. The number of ether oxygens (including phenoxy) is 2. The number of anilines is 1. The highest BCUT2D eigenvalue weighted by atomic mass is 19.1. The zero-order valence-corrected chi connectivity index (χ0v) is 24.2. The maximum atomic E-state index is 13.2. The molecule has 11 heteroatoms. The summed E-state index contributed by atoms with van der Waals surface area (Å²) >= 11 is 0. The molecule has 0 bridgehead atoms. The van der Waals surface area contributed by atoms with Crippen LogP contribution in [0.5, 0.6) is 11.5 Å². The molecule has 3 aromatic rings. The standard InChI is InChI=1S/C32H34F2N4O5/c1-5-7-23-16-21(17-27(42-6-2)30(23)43-19-28(39)36-26-14-12-25(34)13-15-26)18-35-38-32(41)29(20(3)4)37-31(40)22-8-10-24(33)11-9-22/h5,8-18,20,29H,1,6-7,19H2,2-4H3,(H,36,39)(H,37,40)(H,38,41)/b35-18+. The highest BCUT2D eigenvalue weighted by Gasteiger charge is 2.24. The summed E-state index contributed by atoms with van der Waals surface area (Å²) in [6.45, 7) is 9.11. The molecular formula is C32H34F2N4O5. The topological polar surface area (TPSA) is 118 Å². The number of hydrazone groups is 1. The van der Waals surface area contributed by atoms with Crippen LogP contribution in [0.3, 0.4) is 0 Å². The summed E-state index contributed by atoms with van der Waals surface area (Å²) in [5, 5.41) is 9.35. The third kappa shape index (κ3) is 9.77. The molecule has 3 rings (SSSR count). The molecule has 226 valence electrons. The molecule has 0 radical (unpaired) electrons. The number of nitrogens with zero attached hydrogens (tertiary/aromatic N) is 1. The van der Waals surface area contributed by atoms with E-state index in [4.69, 9.17) is 9.47 Å². The lowest BCUT2D eigenvalue weighted by atomic mass is 10.0. The smallest absolute Gasteiger partial charge is 0.262 e. The summed E-state index contributed by atoms with van der Waals surface area (Å²) in [6.07, 6.45) is 3.46. The molecule has 3 amide bonds. The molecule has 0 aliphatic rings. The Balaban J connectivity index is 1.71. The molecule has 1 atom stereocenters. The second-order valence-corrected chi connectivity index (χ2v) is 9.71. The number of carbonyl (C=O) groups excluding carboxylic acids is 3. The van der Waals surface area contributed by atoms with E-state index < -0.39 is 35.4 Å². The first-order chi connectivity index (χ1) is 20.6. The first kappa shape index (κ1) is 32.5. The van der Waals surface area contributed by atoms with Crippen molar-refractivity contribution in [3.05, 3.63) is 102 Å². The monoisotopic (exact) mass is 592 g/mol. The van der Waals surface area contributed by atoms with Crippen LogP contribution in [0.25, 0.3) is 0 Å². The van der Waals surface area contributed by atoms with E-state index in [-0.39, 0.29) is 18.1 Å². The first-order valence-corrected chi connectivity index (χ1v) is 13.6. The number of benzene rings is 3. The van der Waals surface area contributed by atoms with Crippen LogP contribution in [-0.2, 0) is 16.0 Å². The van der Waals surface area contributed by atoms with Gasteiger partial charge < -0.3 is 20.1 Å². The molecule has 0 aliphatic carbocycles. The average molecular weight is 593 g/mol. The zero-order valence-electron chi connectivity index (χ0n) is 24.2. The highest BCUT2D eigenvalue weighted by Crippen LogP contribution is 2.33. The Morgan fingerprint density at radius 3 is 2.23 bits per heavy atom. The van der Waals surface area contributed by atoms with Gasteiger partial charge in [-0.3, -0.25) is 14.4 Å². The SMILES string of the molecule is C=CCc1cc(/C=N/NC(=O)C(NC(=O)c2ccc(F)cc2)C(C)C)cc(OCC)c1OCC(=O)Nc1ccc(F)cc1. The van der Waals surface area contributed by atoms with Crippen molar-refractivity contribution in [2.75, 3.05) is 18.5 Å². The summed E-state index contributed by atoms with van der Waals surface area (Å²) in [6, 6.07) is 12.9. The van der Waals surface area contributed by atoms with Crippen LogP contribution in [0, 0.1) is 17.6 Å². The predicted molar refractivity (Wildman–Crippen MR) is 160 cm³/mol. The third-order valence-electron chi connectivity index (χ3n) is 6.02. The minimum atomic E-state index is -0.901. The minimum Gasteiger partial charge on any atom is -0.490 e. The molecule has 0 saturated heterocycles. The summed E-state index contributed by atoms with van der Waals surface area (Å²) in [5.41, 5.74) is 4.33. The van der Waals surface area contributed by atoms with E-state index in [0.29, 0.717) is 41.3 Å². The molecule has 0 fully saturated rings. The third-order valence-corrected chi connectivity index (χ3v) is 6.02. The zero-order chi connectivity index (χ0) is 31.4. The fourth-order valence-electron chi connectivity index (χ4n) is 3.96. The number of amides is 3.